The second kappa shape index (κ2) is 6.85. The average molecular weight is 340 g/mol. The van der Waals surface area contributed by atoms with Crippen molar-refractivity contribution in [2.45, 2.75) is 31.2 Å². The summed E-state index contributed by atoms with van der Waals surface area (Å²) in [6.45, 7) is 2.37. The van der Waals surface area contributed by atoms with E-state index in [1.54, 1.807) is 17.3 Å². The number of hydrogen-bond acceptors (Lipinski definition) is 6. The molecule has 4 rings (SSSR count). The van der Waals surface area contributed by atoms with E-state index in [1.165, 1.54) is 12.4 Å². The Morgan fingerprint density at radius 1 is 1.28 bits per heavy atom. The lowest BCUT2D eigenvalue weighted by atomic mass is 9.84. The Bertz CT molecular complexity index is 720. The van der Waals surface area contributed by atoms with E-state index in [9.17, 15) is 4.79 Å². The fourth-order valence-electron chi connectivity index (χ4n) is 3.41. The molecule has 7 heteroatoms. The number of amides is 1. The molecule has 1 unspecified atom stereocenters. The lowest BCUT2D eigenvalue weighted by molar-refractivity contribution is -0.188. The summed E-state index contributed by atoms with van der Waals surface area (Å²) in [5, 5.41) is 0. The van der Waals surface area contributed by atoms with Crippen LogP contribution >= 0.6 is 0 Å². The van der Waals surface area contributed by atoms with E-state index in [0.29, 0.717) is 32.0 Å². The molecule has 2 aromatic heterocycles. The highest BCUT2D eigenvalue weighted by atomic mass is 16.5. The third-order valence-electron chi connectivity index (χ3n) is 4.68. The SMILES string of the molecule is O=C(c1cnccn1)N1CC2(CC(OCc3cccnc3)CCO2)C1. The van der Waals surface area contributed by atoms with Crippen LogP contribution < -0.4 is 0 Å². The van der Waals surface area contributed by atoms with Crippen LogP contribution in [0.4, 0.5) is 0 Å². The molecule has 2 aliphatic rings. The number of ether oxygens (including phenoxy) is 2. The number of likely N-dealkylation sites (tertiary alicyclic amines) is 1. The molecule has 0 radical (unpaired) electrons. The summed E-state index contributed by atoms with van der Waals surface area (Å²) < 4.78 is 12.0. The minimum absolute atomic E-state index is 0.0965. The Balaban J connectivity index is 1.31. The molecular formula is C18H20N4O3. The lowest BCUT2D eigenvalue weighted by Crippen LogP contribution is -2.67. The number of carbonyl (C=O) groups excluding carboxylic acids is 1. The van der Waals surface area contributed by atoms with Gasteiger partial charge in [0, 0.05) is 37.8 Å². The van der Waals surface area contributed by atoms with Crippen molar-refractivity contribution in [1.82, 2.24) is 19.9 Å². The number of carbonyl (C=O) groups is 1. The van der Waals surface area contributed by atoms with Crippen LogP contribution in [0.15, 0.2) is 43.1 Å². The van der Waals surface area contributed by atoms with Crippen LogP contribution in [0, 0.1) is 0 Å². The predicted molar refractivity (Wildman–Crippen MR) is 88.7 cm³/mol. The van der Waals surface area contributed by atoms with E-state index in [-0.39, 0.29) is 17.6 Å². The molecule has 130 valence electrons. The highest BCUT2D eigenvalue weighted by Crippen LogP contribution is 2.36. The Hall–Kier alpha value is -2.38. The van der Waals surface area contributed by atoms with Gasteiger partial charge in [0.15, 0.2) is 0 Å². The molecule has 0 N–H and O–H groups in total. The standard InChI is InChI=1S/C18H20N4O3/c23-17(16-10-20-5-6-21-16)22-12-18(13-22)8-15(3-7-25-18)24-11-14-2-1-4-19-9-14/h1-2,4-6,9-10,15H,3,7-8,11-13H2. The van der Waals surface area contributed by atoms with Gasteiger partial charge in [-0.2, -0.15) is 0 Å². The van der Waals surface area contributed by atoms with Crippen molar-refractivity contribution in [3.05, 3.63) is 54.4 Å². The van der Waals surface area contributed by atoms with E-state index in [2.05, 4.69) is 15.0 Å². The molecule has 1 spiro atoms. The van der Waals surface area contributed by atoms with Crippen molar-refractivity contribution in [2.75, 3.05) is 19.7 Å². The van der Waals surface area contributed by atoms with Gasteiger partial charge in [-0.15, -0.1) is 0 Å². The fourth-order valence-corrected chi connectivity index (χ4v) is 3.41. The monoisotopic (exact) mass is 340 g/mol. The summed E-state index contributed by atoms with van der Waals surface area (Å²) in [7, 11) is 0. The number of rotatable bonds is 4. The van der Waals surface area contributed by atoms with Gasteiger partial charge in [0.1, 0.15) is 11.3 Å². The van der Waals surface area contributed by atoms with Crippen LogP contribution in [-0.2, 0) is 16.1 Å². The Morgan fingerprint density at radius 2 is 2.16 bits per heavy atom. The first kappa shape index (κ1) is 16.1. The van der Waals surface area contributed by atoms with Crippen LogP contribution in [0.5, 0.6) is 0 Å². The molecule has 0 aliphatic carbocycles. The Kier molecular flexibility index (Phi) is 4.42. The maximum absolute atomic E-state index is 12.4. The van der Waals surface area contributed by atoms with Gasteiger partial charge in [0.05, 0.1) is 32.0 Å². The lowest BCUT2D eigenvalue weighted by Gasteiger charge is -2.52. The Labute approximate surface area is 146 Å². The average Bonchev–Trinajstić information content (AvgIpc) is 2.65. The van der Waals surface area contributed by atoms with Crippen molar-refractivity contribution in [1.29, 1.82) is 0 Å². The van der Waals surface area contributed by atoms with E-state index >= 15 is 0 Å². The second-order valence-corrected chi connectivity index (χ2v) is 6.57. The first-order valence-corrected chi connectivity index (χ1v) is 8.44. The quantitative estimate of drug-likeness (QED) is 0.839. The maximum atomic E-state index is 12.4. The van der Waals surface area contributed by atoms with Gasteiger partial charge in [-0.05, 0) is 18.1 Å². The normalized spacial score (nSPS) is 21.8. The van der Waals surface area contributed by atoms with E-state index in [0.717, 1.165) is 18.4 Å². The number of nitrogens with zero attached hydrogens (tertiary/aromatic N) is 4. The smallest absolute Gasteiger partial charge is 0.274 e. The summed E-state index contributed by atoms with van der Waals surface area (Å²) >= 11 is 0. The minimum atomic E-state index is -0.282. The van der Waals surface area contributed by atoms with Gasteiger partial charge in [-0.3, -0.25) is 14.8 Å². The van der Waals surface area contributed by atoms with Gasteiger partial charge >= 0.3 is 0 Å². The number of aromatic nitrogens is 3. The number of hydrogen-bond donors (Lipinski definition) is 0. The molecule has 0 bridgehead atoms. The first-order chi connectivity index (χ1) is 12.2. The van der Waals surface area contributed by atoms with Crippen LogP contribution in [0.25, 0.3) is 0 Å². The van der Waals surface area contributed by atoms with E-state index < -0.39 is 0 Å². The second-order valence-electron chi connectivity index (χ2n) is 6.57. The van der Waals surface area contributed by atoms with Gasteiger partial charge in [0.25, 0.3) is 5.91 Å². The third kappa shape index (κ3) is 3.52. The zero-order valence-electron chi connectivity index (χ0n) is 13.9. The summed E-state index contributed by atoms with van der Waals surface area (Å²) in [5.74, 6) is -0.0965. The van der Waals surface area contributed by atoms with Crippen molar-refractivity contribution in [3.8, 4) is 0 Å². The third-order valence-corrected chi connectivity index (χ3v) is 4.68. The molecule has 2 saturated heterocycles. The van der Waals surface area contributed by atoms with Crippen molar-refractivity contribution < 1.29 is 14.3 Å². The molecule has 0 aromatic carbocycles. The Morgan fingerprint density at radius 3 is 2.92 bits per heavy atom. The van der Waals surface area contributed by atoms with Crippen LogP contribution in [-0.4, -0.2) is 57.2 Å². The predicted octanol–water partition coefficient (Wildman–Crippen LogP) is 1.46. The van der Waals surface area contributed by atoms with Crippen molar-refractivity contribution in [3.63, 3.8) is 0 Å². The largest absolute Gasteiger partial charge is 0.373 e. The minimum Gasteiger partial charge on any atom is -0.373 e. The van der Waals surface area contributed by atoms with Crippen LogP contribution in [0.2, 0.25) is 0 Å². The summed E-state index contributed by atoms with van der Waals surface area (Å²) in [6, 6.07) is 3.92. The van der Waals surface area contributed by atoms with Gasteiger partial charge < -0.3 is 14.4 Å². The molecule has 25 heavy (non-hydrogen) atoms. The van der Waals surface area contributed by atoms with Crippen molar-refractivity contribution in [2.24, 2.45) is 0 Å². The van der Waals surface area contributed by atoms with Crippen molar-refractivity contribution >= 4 is 5.91 Å². The molecule has 7 nitrogen and oxygen atoms in total. The van der Waals surface area contributed by atoms with Gasteiger partial charge in [-0.1, -0.05) is 6.07 Å². The summed E-state index contributed by atoms with van der Waals surface area (Å²) in [6.07, 6.45) is 9.98. The molecule has 2 fully saturated rings. The molecule has 4 heterocycles. The maximum Gasteiger partial charge on any atom is 0.274 e. The highest BCUT2D eigenvalue weighted by Gasteiger charge is 2.49. The summed E-state index contributed by atoms with van der Waals surface area (Å²) in [4.78, 5) is 26.3. The molecule has 2 aromatic rings. The van der Waals surface area contributed by atoms with E-state index in [4.69, 9.17) is 9.47 Å². The molecule has 1 amide bonds. The van der Waals surface area contributed by atoms with Crippen LogP contribution in [0.1, 0.15) is 28.9 Å². The highest BCUT2D eigenvalue weighted by molar-refractivity contribution is 5.92. The van der Waals surface area contributed by atoms with Gasteiger partial charge in [-0.25, -0.2) is 4.98 Å². The molecule has 1 atom stereocenters. The van der Waals surface area contributed by atoms with Crippen LogP contribution in [0.3, 0.4) is 0 Å². The molecule has 2 aliphatic heterocycles. The first-order valence-electron chi connectivity index (χ1n) is 8.44. The zero-order valence-corrected chi connectivity index (χ0v) is 13.9. The van der Waals surface area contributed by atoms with E-state index in [1.807, 2.05) is 18.3 Å². The van der Waals surface area contributed by atoms with Gasteiger partial charge in [0.2, 0.25) is 0 Å². The summed E-state index contributed by atoms with van der Waals surface area (Å²) in [5.41, 5.74) is 1.16. The fraction of sp³-hybridized carbons (Fsp3) is 0.444. The zero-order chi connectivity index (χ0) is 17.1. The molecule has 0 saturated carbocycles. The molecular weight excluding hydrogens is 320 g/mol. The number of pyridine rings is 1. The topological polar surface area (TPSA) is 77.4 Å².